The molecule has 0 N–H and O–H groups in total. The predicted molar refractivity (Wildman–Crippen MR) is 91.1 cm³/mol. The summed E-state index contributed by atoms with van der Waals surface area (Å²) >= 11 is 11.9. The number of nitro groups is 1. The van der Waals surface area contributed by atoms with E-state index in [4.69, 9.17) is 27.9 Å². The van der Waals surface area contributed by atoms with Gasteiger partial charge in [-0.2, -0.15) is 0 Å². The normalized spacial score (nSPS) is 12.8. The van der Waals surface area contributed by atoms with Gasteiger partial charge in [-0.05, 0) is 30.2 Å². The Bertz CT molecular complexity index is 826. The number of ether oxygens (including phenoxy) is 1. The molecule has 0 atom stereocenters. The molecule has 0 fully saturated rings. The standard InChI is InChI=1S/C16H12Cl2N2O4/c17-11-1-3-13(18)15(8-11)24-9-16(21)19-6-5-10-7-12(20(22)23)2-4-14(10)19/h1-4,7-8H,5-6,9H2. The molecular formula is C16H12Cl2N2O4. The number of carbonyl (C=O) groups is 1. The monoisotopic (exact) mass is 366 g/mol. The molecule has 24 heavy (non-hydrogen) atoms. The lowest BCUT2D eigenvalue weighted by Crippen LogP contribution is -2.33. The number of carbonyl (C=O) groups excluding carboxylic acids is 1. The molecule has 6 nitrogen and oxygen atoms in total. The lowest BCUT2D eigenvalue weighted by molar-refractivity contribution is -0.384. The number of halogens is 2. The number of amides is 1. The van der Waals surface area contributed by atoms with Crippen LogP contribution in [0.3, 0.4) is 0 Å². The second-order valence-electron chi connectivity index (χ2n) is 5.23. The van der Waals surface area contributed by atoms with Gasteiger partial charge < -0.3 is 9.64 Å². The van der Waals surface area contributed by atoms with Crippen molar-refractivity contribution in [3.8, 4) is 5.75 Å². The molecule has 3 rings (SSSR count). The highest BCUT2D eigenvalue weighted by atomic mass is 35.5. The first-order valence-corrected chi connectivity index (χ1v) is 7.87. The molecule has 0 aromatic heterocycles. The van der Waals surface area contributed by atoms with E-state index in [1.54, 1.807) is 29.2 Å². The Hall–Kier alpha value is -2.31. The third-order valence-electron chi connectivity index (χ3n) is 3.71. The van der Waals surface area contributed by atoms with Gasteiger partial charge in [0.25, 0.3) is 11.6 Å². The van der Waals surface area contributed by atoms with Crippen molar-refractivity contribution in [1.29, 1.82) is 0 Å². The highest BCUT2D eigenvalue weighted by Gasteiger charge is 2.26. The molecule has 0 saturated carbocycles. The summed E-state index contributed by atoms with van der Waals surface area (Å²) in [6.45, 7) is 0.262. The molecule has 1 aliphatic rings. The molecule has 0 saturated heterocycles. The Morgan fingerprint density at radius 1 is 1.25 bits per heavy atom. The summed E-state index contributed by atoms with van der Waals surface area (Å²) in [6.07, 6.45) is 0.570. The molecule has 2 aromatic carbocycles. The van der Waals surface area contributed by atoms with Crippen LogP contribution in [0.4, 0.5) is 11.4 Å². The quantitative estimate of drug-likeness (QED) is 0.608. The third kappa shape index (κ3) is 3.29. The van der Waals surface area contributed by atoms with Crippen molar-refractivity contribution in [1.82, 2.24) is 0 Å². The van der Waals surface area contributed by atoms with Crippen LogP contribution >= 0.6 is 23.2 Å². The fraction of sp³-hybridized carbons (Fsp3) is 0.188. The number of benzene rings is 2. The largest absolute Gasteiger partial charge is 0.482 e. The summed E-state index contributed by atoms with van der Waals surface area (Å²) in [4.78, 5) is 24.3. The van der Waals surface area contributed by atoms with Crippen LogP contribution in [0.5, 0.6) is 5.75 Å². The number of fused-ring (bicyclic) bond motifs is 1. The average Bonchev–Trinajstić information content (AvgIpc) is 2.98. The molecule has 0 unspecified atom stereocenters. The van der Waals surface area contributed by atoms with Crippen molar-refractivity contribution < 1.29 is 14.5 Å². The summed E-state index contributed by atoms with van der Waals surface area (Å²) in [7, 11) is 0. The van der Waals surface area contributed by atoms with Crippen molar-refractivity contribution in [2.75, 3.05) is 18.1 Å². The lowest BCUT2D eigenvalue weighted by Gasteiger charge is -2.18. The number of nitro benzene ring substituents is 1. The van der Waals surface area contributed by atoms with Crippen molar-refractivity contribution >= 4 is 40.5 Å². The number of nitrogens with zero attached hydrogens (tertiary/aromatic N) is 2. The fourth-order valence-corrected chi connectivity index (χ4v) is 2.90. The van der Waals surface area contributed by atoms with Crippen LogP contribution in [-0.4, -0.2) is 24.0 Å². The molecule has 0 spiro atoms. The molecule has 124 valence electrons. The molecule has 0 radical (unpaired) electrons. The summed E-state index contributed by atoms with van der Waals surface area (Å²) in [5, 5.41) is 11.6. The SMILES string of the molecule is O=C(COc1cc(Cl)ccc1Cl)N1CCc2cc([N+](=O)[O-])ccc21. The van der Waals surface area contributed by atoms with E-state index in [9.17, 15) is 14.9 Å². The minimum Gasteiger partial charge on any atom is -0.482 e. The van der Waals surface area contributed by atoms with Gasteiger partial charge in [-0.25, -0.2) is 0 Å². The van der Waals surface area contributed by atoms with Gasteiger partial charge in [0.15, 0.2) is 6.61 Å². The van der Waals surface area contributed by atoms with Crippen LogP contribution in [0, 0.1) is 10.1 Å². The Kier molecular flexibility index (Phi) is 4.59. The predicted octanol–water partition coefficient (Wildman–Crippen LogP) is 3.87. The van der Waals surface area contributed by atoms with E-state index in [1.807, 2.05) is 0 Å². The Labute approximate surface area is 147 Å². The van der Waals surface area contributed by atoms with Crippen molar-refractivity contribution in [2.45, 2.75) is 6.42 Å². The fourth-order valence-electron chi connectivity index (χ4n) is 2.57. The number of hydrogen-bond acceptors (Lipinski definition) is 4. The first kappa shape index (κ1) is 16.5. The van der Waals surface area contributed by atoms with Gasteiger partial charge in [0.1, 0.15) is 5.75 Å². The molecule has 2 aromatic rings. The Morgan fingerprint density at radius 2 is 2.04 bits per heavy atom. The van der Waals surface area contributed by atoms with Crippen LogP contribution in [0.15, 0.2) is 36.4 Å². The molecular weight excluding hydrogens is 355 g/mol. The van der Waals surface area contributed by atoms with Crippen LogP contribution < -0.4 is 9.64 Å². The molecule has 1 amide bonds. The number of non-ortho nitro benzene ring substituents is 1. The summed E-state index contributed by atoms with van der Waals surface area (Å²) in [6, 6.07) is 9.23. The molecule has 1 heterocycles. The topological polar surface area (TPSA) is 72.7 Å². The lowest BCUT2D eigenvalue weighted by atomic mass is 10.1. The van der Waals surface area contributed by atoms with Gasteiger partial charge in [0.2, 0.25) is 0 Å². The first-order chi connectivity index (χ1) is 11.5. The molecule has 1 aliphatic heterocycles. The molecule has 0 bridgehead atoms. The summed E-state index contributed by atoms with van der Waals surface area (Å²) < 4.78 is 5.45. The smallest absolute Gasteiger partial charge is 0.269 e. The number of hydrogen-bond donors (Lipinski definition) is 0. The van der Waals surface area contributed by atoms with E-state index in [1.165, 1.54) is 12.1 Å². The van der Waals surface area contributed by atoms with Gasteiger partial charge in [-0.15, -0.1) is 0 Å². The number of rotatable bonds is 4. The van der Waals surface area contributed by atoms with E-state index >= 15 is 0 Å². The zero-order valence-corrected chi connectivity index (χ0v) is 13.9. The van der Waals surface area contributed by atoms with Crippen molar-refractivity contribution in [3.63, 3.8) is 0 Å². The van der Waals surface area contributed by atoms with Crippen LogP contribution in [-0.2, 0) is 11.2 Å². The van der Waals surface area contributed by atoms with Gasteiger partial charge in [-0.3, -0.25) is 14.9 Å². The van der Waals surface area contributed by atoms with Gasteiger partial charge in [-0.1, -0.05) is 23.2 Å². The number of anilines is 1. The molecule has 0 aliphatic carbocycles. The van der Waals surface area contributed by atoms with E-state index in [0.717, 1.165) is 5.56 Å². The van der Waals surface area contributed by atoms with Crippen molar-refractivity contribution in [3.05, 3.63) is 62.1 Å². The highest BCUT2D eigenvalue weighted by Crippen LogP contribution is 2.32. The average molecular weight is 367 g/mol. The van der Waals surface area contributed by atoms with Gasteiger partial charge >= 0.3 is 0 Å². The maximum Gasteiger partial charge on any atom is 0.269 e. The minimum atomic E-state index is -0.449. The second kappa shape index (κ2) is 6.67. The summed E-state index contributed by atoms with van der Waals surface area (Å²) in [5.41, 5.74) is 1.47. The maximum atomic E-state index is 12.4. The van der Waals surface area contributed by atoms with E-state index in [2.05, 4.69) is 0 Å². The molecule has 8 heteroatoms. The van der Waals surface area contributed by atoms with Gasteiger partial charge in [0, 0.05) is 35.5 Å². The van der Waals surface area contributed by atoms with E-state index < -0.39 is 4.92 Å². The maximum absolute atomic E-state index is 12.4. The van der Waals surface area contributed by atoms with E-state index in [-0.39, 0.29) is 18.2 Å². The Balaban J connectivity index is 1.72. The van der Waals surface area contributed by atoms with Crippen LogP contribution in [0.25, 0.3) is 0 Å². The van der Waals surface area contributed by atoms with E-state index in [0.29, 0.717) is 34.4 Å². The summed E-state index contributed by atoms with van der Waals surface area (Å²) in [5.74, 6) is 0.0827. The van der Waals surface area contributed by atoms with Crippen LogP contribution in [0.2, 0.25) is 10.0 Å². The van der Waals surface area contributed by atoms with Crippen molar-refractivity contribution in [2.24, 2.45) is 0 Å². The Morgan fingerprint density at radius 3 is 2.79 bits per heavy atom. The second-order valence-corrected chi connectivity index (χ2v) is 6.07. The van der Waals surface area contributed by atoms with Gasteiger partial charge in [0.05, 0.1) is 9.95 Å². The highest BCUT2D eigenvalue weighted by molar-refractivity contribution is 6.34. The zero-order valence-electron chi connectivity index (χ0n) is 12.4. The van der Waals surface area contributed by atoms with Crippen LogP contribution in [0.1, 0.15) is 5.56 Å². The zero-order chi connectivity index (χ0) is 17.3. The first-order valence-electron chi connectivity index (χ1n) is 7.11. The minimum absolute atomic E-state index is 0.0185. The third-order valence-corrected chi connectivity index (χ3v) is 4.26.